The summed E-state index contributed by atoms with van der Waals surface area (Å²) in [6, 6.07) is 0. The minimum Gasteiger partial charge on any atom is -0.481 e. The number of ether oxygens (including phenoxy) is 1. The van der Waals surface area contributed by atoms with Gasteiger partial charge in [0.05, 0.1) is 12.4 Å². The number of hydrogen-bond donors (Lipinski definition) is 1. The molecule has 0 unspecified atom stereocenters. The van der Waals surface area contributed by atoms with Crippen molar-refractivity contribution in [3.63, 3.8) is 0 Å². The van der Waals surface area contributed by atoms with Crippen LogP contribution in [0.25, 0.3) is 0 Å². The van der Waals surface area contributed by atoms with Crippen LogP contribution >= 0.6 is 23.1 Å². The Morgan fingerprint density at radius 3 is 2.94 bits per heavy atom. The van der Waals surface area contributed by atoms with E-state index in [4.69, 9.17) is 9.84 Å². The van der Waals surface area contributed by atoms with Crippen LogP contribution in [-0.4, -0.2) is 53.8 Å². The molecule has 1 rings (SSSR count). The van der Waals surface area contributed by atoms with E-state index in [-0.39, 0.29) is 5.75 Å². The molecule has 8 heteroatoms. The van der Waals surface area contributed by atoms with Gasteiger partial charge in [-0.15, -0.1) is 10.2 Å². The van der Waals surface area contributed by atoms with Gasteiger partial charge in [0, 0.05) is 20.2 Å². The summed E-state index contributed by atoms with van der Waals surface area (Å²) in [7, 11) is 1.65. The number of carboxylic acids is 1. The van der Waals surface area contributed by atoms with Crippen molar-refractivity contribution < 1.29 is 14.6 Å². The summed E-state index contributed by atoms with van der Waals surface area (Å²) in [6.07, 6.45) is 0. The molecule has 1 heterocycles. The van der Waals surface area contributed by atoms with E-state index in [1.807, 2.05) is 11.8 Å². The lowest BCUT2D eigenvalue weighted by atomic mass is 10.5. The van der Waals surface area contributed by atoms with Crippen LogP contribution < -0.4 is 4.90 Å². The molecule has 0 radical (unpaired) electrons. The Balaban J connectivity index is 2.55. The van der Waals surface area contributed by atoms with Gasteiger partial charge < -0.3 is 14.7 Å². The Kier molecular flexibility index (Phi) is 6.23. The van der Waals surface area contributed by atoms with Gasteiger partial charge in [-0.05, 0) is 6.92 Å². The first kappa shape index (κ1) is 14.2. The van der Waals surface area contributed by atoms with E-state index in [1.54, 1.807) is 7.11 Å². The normalized spacial score (nSPS) is 10.5. The highest BCUT2D eigenvalue weighted by Gasteiger charge is 2.12. The molecule has 0 aromatic carbocycles. The third-order valence-corrected chi connectivity index (χ3v) is 4.03. The van der Waals surface area contributed by atoms with Crippen molar-refractivity contribution in [2.24, 2.45) is 0 Å². The van der Waals surface area contributed by atoms with Crippen LogP contribution in [0.15, 0.2) is 4.34 Å². The zero-order valence-corrected chi connectivity index (χ0v) is 11.4. The average Bonchev–Trinajstić information content (AvgIpc) is 2.76. The van der Waals surface area contributed by atoms with Gasteiger partial charge in [-0.25, -0.2) is 0 Å². The predicted octanol–water partition coefficient (Wildman–Crippen LogP) is 1.19. The van der Waals surface area contributed by atoms with Crippen molar-refractivity contribution in [2.45, 2.75) is 11.3 Å². The van der Waals surface area contributed by atoms with Gasteiger partial charge in [-0.2, -0.15) is 0 Å². The third-order valence-electron chi connectivity index (χ3n) is 1.93. The van der Waals surface area contributed by atoms with E-state index < -0.39 is 5.97 Å². The van der Waals surface area contributed by atoms with Gasteiger partial charge >= 0.3 is 5.97 Å². The topological polar surface area (TPSA) is 75.5 Å². The summed E-state index contributed by atoms with van der Waals surface area (Å²) in [5.74, 6) is -0.836. The number of hydrogen-bond acceptors (Lipinski definition) is 7. The summed E-state index contributed by atoms with van der Waals surface area (Å²) in [6.45, 7) is 4.24. The fourth-order valence-corrected chi connectivity index (χ4v) is 2.75. The van der Waals surface area contributed by atoms with Crippen molar-refractivity contribution in [3.8, 4) is 0 Å². The van der Waals surface area contributed by atoms with Crippen LogP contribution in [0.5, 0.6) is 0 Å². The number of nitrogens with zero attached hydrogens (tertiary/aromatic N) is 3. The minimum absolute atomic E-state index is 0.0127. The quantitative estimate of drug-likeness (QED) is 0.715. The van der Waals surface area contributed by atoms with Gasteiger partial charge in [-0.1, -0.05) is 23.1 Å². The van der Waals surface area contributed by atoms with Crippen molar-refractivity contribution in [2.75, 3.05) is 37.5 Å². The van der Waals surface area contributed by atoms with Crippen molar-refractivity contribution in [1.29, 1.82) is 0 Å². The number of carboxylic acid groups (broad SMARTS) is 1. The molecule has 0 aliphatic carbocycles. The summed E-state index contributed by atoms with van der Waals surface area (Å²) < 4.78 is 5.69. The zero-order valence-electron chi connectivity index (χ0n) is 9.75. The summed E-state index contributed by atoms with van der Waals surface area (Å²) in [5, 5.41) is 17.4. The summed E-state index contributed by atoms with van der Waals surface area (Å²) >= 11 is 2.59. The number of carbonyl (C=O) groups is 1. The standard InChI is InChI=1S/C9H15N3O3S2/c1-3-12(4-5-15-2)8-10-11-9(17-8)16-6-7(13)14/h3-6H2,1-2H3,(H,13,14). The number of likely N-dealkylation sites (N-methyl/N-ethyl adjacent to an activating group) is 1. The number of methoxy groups -OCH3 is 1. The van der Waals surface area contributed by atoms with Gasteiger partial charge in [0.25, 0.3) is 0 Å². The molecular formula is C9H15N3O3S2. The van der Waals surface area contributed by atoms with Gasteiger partial charge in [-0.3, -0.25) is 4.79 Å². The lowest BCUT2D eigenvalue weighted by Gasteiger charge is -2.17. The second kappa shape index (κ2) is 7.46. The van der Waals surface area contributed by atoms with Crippen LogP contribution in [0.1, 0.15) is 6.92 Å². The molecule has 1 aromatic heterocycles. The van der Waals surface area contributed by atoms with Crippen molar-refractivity contribution in [1.82, 2.24) is 10.2 Å². The molecule has 17 heavy (non-hydrogen) atoms. The monoisotopic (exact) mass is 277 g/mol. The van der Waals surface area contributed by atoms with Crippen molar-refractivity contribution >= 4 is 34.2 Å². The van der Waals surface area contributed by atoms with Crippen LogP contribution in [-0.2, 0) is 9.53 Å². The highest BCUT2D eigenvalue weighted by atomic mass is 32.2. The largest absolute Gasteiger partial charge is 0.481 e. The van der Waals surface area contributed by atoms with Gasteiger partial charge in [0.2, 0.25) is 5.13 Å². The number of rotatable bonds is 8. The highest BCUT2D eigenvalue weighted by molar-refractivity contribution is 8.01. The molecule has 0 saturated carbocycles. The average molecular weight is 277 g/mol. The predicted molar refractivity (Wildman–Crippen MR) is 68.0 cm³/mol. The molecule has 0 spiro atoms. The van der Waals surface area contributed by atoms with Crippen LogP contribution in [0.4, 0.5) is 5.13 Å². The molecule has 0 aliphatic heterocycles. The van der Waals surface area contributed by atoms with Crippen LogP contribution in [0.3, 0.4) is 0 Å². The number of thioether (sulfide) groups is 1. The van der Waals surface area contributed by atoms with Gasteiger partial charge in [0.15, 0.2) is 4.34 Å². The Morgan fingerprint density at radius 2 is 2.35 bits per heavy atom. The second-order valence-corrected chi connectivity index (χ2v) is 5.28. The fourth-order valence-electron chi connectivity index (χ4n) is 1.10. The number of anilines is 1. The maximum atomic E-state index is 10.4. The molecule has 1 N–H and O–H groups in total. The molecule has 0 amide bonds. The molecule has 0 bridgehead atoms. The Labute approximate surface area is 108 Å². The first-order valence-corrected chi connectivity index (χ1v) is 6.89. The highest BCUT2D eigenvalue weighted by Crippen LogP contribution is 2.27. The van der Waals surface area contributed by atoms with E-state index >= 15 is 0 Å². The van der Waals surface area contributed by atoms with Crippen LogP contribution in [0.2, 0.25) is 0 Å². The summed E-state index contributed by atoms with van der Waals surface area (Å²) in [4.78, 5) is 12.5. The van der Waals surface area contributed by atoms with E-state index in [0.29, 0.717) is 10.9 Å². The molecule has 0 atom stereocenters. The minimum atomic E-state index is -0.849. The Morgan fingerprint density at radius 1 is 1.59 bits per heavy atom. The third kappa shape index (κ3) is 4.88. The van der Waals surface area contributed by atoms with E-state index in [0.717, 1.165) is 18.2 Å². The fraction of sp³-hybridized carbons (Fsp3) is 0.667. The molecule has 0 fully saturated rings. The second-order valence-electron chi connectivity index (χ2n) is 3.11. The SMILES string of the molecule is CCN(CCOC)c1nnc(SCC(=O)O)s1. The zero-order chi connectivity index (χ0) is 12.7. The molecule has 0 saturated heterocycles. The maximum Gasteiger partial charge on any atom is 0.313 e. The smallest absolute Gasteiger partial charge is 0.313 e. The Bertz CT molecular complexity index is 359. The lowest BCUT2D eigenvalue weighted by Crippen LogP contribution is -2.26. The van der Waals surface area contributed by atoms with E-state index in [9.17, 15) is 4.79 Å². The molecular weight excluding hydrogens is 262 g/mol. The number of aliphatic carboxylic acids is 1. The molecule has 96 valence electrons. The van der Waals surface area contributed by atoms with E-state index in [1.165, 1.54) is 23.1 Å². The van der Waals surface area contributed by atoms with Crippen molar-refractivity contribution in [3.05, 3.63) is 0 Å². The van der Waals surface area contributed by atoms with E-state index in [2.05, 4.69) is 10.2 Å². The first-order valence-electron chi connectivity index (χ1n) is 5.09. The Hall–Kier alpha value is -0.860. The lowest BCUT2D eigenvalue weighted by molar-refractivity contribution is -0.133. The molecule has 0 aliphatic rings. The van der Waals surface area contributed by atoms with Gasteiger partial charge in [0.1, 0.15) is 0 Å². The first-order chi connectivity index (χ1) is 8.17. The maximum absolute atomic E-state index is 10.4. The number of aromatic nitrogens is 2. The van der Waals surface area contributed by atoms with Crippen LogP contribution in [0, 0.1) is 0 Å². The molecule has 1 aromatic rings. The molecule has 6 nitrogen and oxygen atoms in total. The summed E-state index contributed by atoms with van der Waals surface area (Å²) in [5.41, 5.74) is 0.